The minimum absolute atomic E-state index is 0.168. The van der Waals surface area contributed by atoms with Gasteiger partial charge in [-0.05, 0) is 40.0 Å². The summed E-state index contributed by atoms with van der Waals surface area (Å²) in [7, 11) is -3.15. The van der Waals surface area contributed by atoms with E-state index in [0.29, 0.717) is 17.9 Å². The summed E-state index contributed by atoms with van der Waals surface area (Å²) in [5, 5.41) is 0. The molecule has 0 saturated carbocycles. The number of hydrogen-bond donors (Lipinski definition) is 1. The predicted molar refractivity (Wildman–Crippen MR) is 68.9 cm³/mol. The number of nitrogen functional groups attached to an aromatic ring is 1. The van der Waals surface area contributed by atoms with Gasteiger partial charge in [0.05, 0.1) is 11.4 Å². The Balaban J connectivity index is 2.42. The van der Waals surface area contributed by atoms with Crippen molar-refractivity contribution in [3.8, 4) is 0 Å². The molecule has 1 heterocycles. The molecule has 1 aromatic carbocycles. The molecule has 1 aromatic rings. The highest BCUT2D eigenvalue weighted by molar-refractivity contribution is 9.10. The highest BCUT2D eigenvalue weighted by atomic mass is 79.9. The van der Waals surface area contributed by atoms with Gasteiger partial charge in [0.15, 0.2) is 0 Å². The Morgan fingerprint density at radius 2 is 2.19 bits per heavy atom. The Labute approximate surface area is 104 Å². The van der Waals surface area contributed by atoms with Gasteiger partial charge in [-0.15, -0.1) is 0 Å². The fraction of sp³-hybridized carbons (Fsp3) is 0.400. The van der Waals surface area contributed by atoms with Crippen LogP contribution in [-0.2, 0) is 10.0 Å². The maximum atomic E-state index is 11.8. The topological polar surface area (TPSA) is 63.4 Å². The van der Waals surface area contributed by atoms with Gasteiger partial charge in [-0.2, -0.15) is 0 Å². The van der Waals surface area contributed by atoms with Gasteiger partial charge in [-0.1, -0.05) is 6.92 Å². The van der Waals surface area contributed by atoms with E-state index in [4.69, 9.17) is 5.73 Å². The van der Waals surface area contributed by atoms with Crippen LogP contribution in [0.15, 0.2) is 22.7 Å². The van der Waals surface area contributed by atoms with E-state index in [1.807, 2.05) is 6.92 Å². The van der Waals surface area contributed by atoms with Gasteiger partial charge in [-0.3, -0.25) is 4.31 Å². The number of hydrogen-bond acceptors (Lipinski definition) is 3. The van der Waals surface area contributed by atoms with Crippen LogP contribution >= 0.6 is 15.9 Å². The van der Waals surface area contributed by atoms with Crippen molar-refractivity contribution in [2.45, 2.75) is 6.92 Å². The van der Waals surface area contributed by atoms with E-state index in [9.17, 15) is 8.42 Å². The van der Waals surface area contributed by atoms with Gasteiger partial charge in [0.2, 0.25) is 10.0 Å². The molecule has 1 aliphatic rings. The van der Waals surface area contributed by atoms with Crippen molar-refractivity contribution >= 4 is 37.3 Å². The van der Waals surface area contributed by atoms with Crippen molar-refractivity contribution in [2.24, 2.45) is 5.92 Å². The molecule has 2 rings (SSSR count). The van der Waals surface area contributed by atoms with Crippen molar-refractivity contribution in [1.82, 2.24) is 0 Å². The van der Waals surface area contributed by atoms with Gasteiger partial charge in [0.25, 0.3) is 0 Å². The Kier molecular flexibility index (Phi) is 2.88. The molecule has 16 heavy (non-hydrogen) atoms. The van der Waals surface area contributed by atoms with Gasteiger partial charge < -0.3 is 5.73 Å². The fourth-order valence-corrected chi connectivity index (χ4v) is 4.12. The largest absolute Gasteiger partial charge is 0.398 e. The molecule has 88 valence electrons. The molecule has 1 unspecified atom stereocenters. The molecule has 1 aliphatic heterocycles. The van der Waals surface area contributed by atoms with Crippen molar-refractivity contribution in [2.75, 3.05) is 22.3 Å². The van der Waals surface area contributed by atoms with Crippen molar-refractivity contribution in [3.05, 3.63) is 22.7 Å². The quantitative estimate of drug-likeness (QED) is 0.805. The maximum absolute atomic E-state index is 11.8. The van der Waals surface area contributed by atoms with Crippen LogP contribution in [0.5, 0.6) is 0 Å². The van der Waals surface area contributed by atoms with Gasteiger partial charge in [0, 0.05) is 16.7 Å². The summed E-state index contributed by atoms with van der Waals surface area (Å²) in [5.41, 5.74) is 6.94. The second-order valence-corrected chi connectivity index (χ2v) is 6.91. The average molecular weight is 305 g/mol. The summed E-state index contributed by atoms with van der Waals surface area (Å²) >= 11 is 3.30. The number of anilines is 2. The molecular formula is C10H13BrN2O2S. The normalized spacial score (nSPS) is 23.6. The summed E-state index contributed by atoms with van der Waals surface area (Å²) < 4.78 is 25.9. The first-order chi connectivity index (χ1) is 7.40. The van der Waals surface area contributed by atoms with Crippen LogP contribution in [-0.4, -0.2) is 20.7 Å². The molecule has 0 radical (unpaired) electrons. The lowest BCUT2D eigenvalue weighted by molar-refractivity contribution is 0.598. The molecule has 6 heteroatoms. The lowest BCUT2D eigenvalue weighted by Crippen LogP contribution is -2.25. The zero-order valence-electron chi connectivity index (χ0n) is 8.85. The van der Waals surface area contributed by atoms with E-state index in [0.717, 1.165) is 4.47 Å². The van der Waals surface area contributed by atoms with Crippen LogP contribution in [0, 0.1) is 5.92 Å². The second-order valence-electron chi connectivity index (χ2n) is 4.12. The average Bonchev–Trinajstić information content (AvgIpc) is 2.44. The minimum atomic E-state index is -3.15. The smallest absolute Gasteiger partial charge is 0.235 e. The van der Waals surface area contributed by atoms with Crippen LogP contribution in [0.25, 0.3) is 0 Å². The van der Waals surface area contributed by atoms with E-state index in [-0.39, 0.29) is 11.7 Å². The van der Waals surface area contributed by atoms with E-state index in [1.165, 1.54) is 4.31 Å². The molecule has 0 amide bonds. The first-order valence-corrected chi connectivity index (χ1v) is 7.36. The van der Waals surface area contributed by atoms with Crippen molar-refractivity contribution in [1.29, 1.82) is 0 Å². The number of rotatable bonds is 1. The van der Waals surface area contributed by atoms with Gasteiger partial charge >= 0.3 is 0 Å². The van der Waals surface area contributed by atoms with Gasteiger partial charge in [-0.25, -0.2) is 8.42 Å². The fourth-order valence-electron chi connectivity index (χ4n) is 1.84. The SMILES string of the molecule is CC1CN(c2ccc(N)c(Br)c2)S(=O)(=O)C1. The van der Waals surface area contributed by atoms with Crippen LogP contribution in [0.3, 0.4) is 0 Å². The first-order valence-electron chi connectivity index (χ1n) is 4.95. The van der Waals surface area contributed by atoms with Crippen LogP contribution in [0.4, 0.5) is 11.4 Å². The molecule has 0 aliphatic carbocycles. The highest BCUT2D eigenvalue weighted by Gasteiger charge is 2.33. The summed E-state index contributed by atoms with van der Waals surface area (Å²) in [4.78, 5) is 0. The molecule has 0 spiro atoms. The Morgan fingerprint density at radius 3 is 2.69 bits per heavy atom. The third-order valence-electron chi connectivity index (χ3n) is 2.58. The second kappa shape index (κ2) is 3.92. The molecule has 2 N–H and O–H groups in total. The summed E-state index contributed by atoms with van der Waals surface area (Å²) in [5.74, 6) is 0.385. The maximum Gasteiger partial charge on any atom is 0.235 e. The third kappa shape index (κ3) is 2.04. The molecule has 4 nitrogen and oxygen atoms in total. The first kappa shape index (κ1) is 11.7. The zero-order valence-corrected chi connectivity index (χ0v) is 11.3. The van der Waals surface area contributed by atoms with Crippen molar-refractivity contribution < 1.29 is 8.42 Å². The van der Waals surface area contributed by atoms with E-state index < -0.39 is 10.0 Å². The number of benzene rings is 1. The number of nitrogens with zero attached hydrogens (tertiary/aromatic N) is 1. The molecule has 1 atom stereocenters. The Morgan fingerprint density at radius 1 is 1.50 bits per heavy atom. The van der Waals surface area contributed by atoms with E-state index in [2.05, 4.69) is 15.9 Å². The molecule has 0 aromatic heterocycles. The van der Waals surface area contributed by atoms with Gasteiger partial charge in [0.1, 0.15) is 0 Å². The lowest BCUT2D eigenvalue weighted by atomic mass is 10.2. The van der Waals surface area contributed by atoms with Crippen LogP contribution in [0.1, 0.15) is 6.92 Å². The third-order valence-corrected chi connectivity index (χ3v) is 5.29. The standard InChI is InChI=1S/C10H13BrN2O2S/c1-7-5-13(16(14,15)6-7)8-2-3-10(12)9(11)4-8/h2-4,7H,5-6,12H2,1H3. The molecule has 0 bridgehead atoms. The monoisotopic (exact) mass is 304 g/mol. The number of sulfonamides is 1. The van der Waals surface area contributed by atoms with E-state index >= 15 is 0 Å². The predicted octanol–water partition coefficient (Wildman–Crippen LogP) is 1.82. The zero-order chi connectivity index (χ0) is 11.9. The Hall–Kier alpha value is -0.750. The lowest BCUT2D eigenvalue weighted by Gasteiger charge is -2.17. The summed E-state index contributed by atoms with van der Waals surface area (Å²) in [6.07, 6.45) is 0. The van der Waals surface area contributed by atoms with Crippen LogP contribution in [0.2, 0.25) is 0 Å². The molecule has 1 fully saturated rings. The molecule has 1 saturated heterocycles. The highest BCUT2D eigenvalue weighted by Crippen LogP contribution is 2.31. The van der Waals surface area contributed by atoms with Crippen LogP contribution < -0.4 is 10.0 Å². The minimum Gasteiger partial charge on any atom is -0.398 e. The van der Waals surface area contributed by atoms with E-state index in [1.54, 1.807) is 18.2 Å². The molecular weight excluding hydrogens is 292 g/mol. The summed E-state index contributed by atoms with van der Waals surface area (Å²) in [6, 6.07) is 5.18. The number of halogens is 1. The summed E-state index contributed by atoms with van der Waals surface area (Å²) in [6.45, 7) is 2.47. The van der Waals surface area contributed by atoms with Crippen molar-refractivity contribution in [3.63, 3.8) is 0 Å². The number of nitrogens with two attached hydrogens (primary N) is 1. The Bertz CT molecular complexity index is 516.